The molecule has 1 atom stereocenters. The van der Waals surface area contributed by atoms with Crippen molar-refractivity contribution in [2.45, 2.75) is 19.9 Å². The number of ether oxygens (including phenoxy) is 2. The van der Waals surface area contributed by atoms with Gasteiger partial charge in [-0.2, -0.15) is 0 Å². The van der Waals surface area contributed by atoms with Crippen LogP contribution in [0.15, 0.2) is 11.0 Å². The summed E-state index contributed by atoms with van der Waals surface area (Å²) < 4.78 is 11.9. The molecule has 0 bridgehead atoms. The molecule has 1 amide bonds. The number of carbonyl (C=O) groups is 2. The summed E-state index contributed by atoms with van der Waals surface area (Å²) in [6.45, 7) is 4.86. The van der Waals surface area contributed by atoms with E-state index in [1.54, 1.807) is 9.47 Å². The summed E-state index contributed by atoms with van der Waals surface area (Å²) >= 11 is 0. The topological polar surface area (TPSA) is 93.6 Å². The largest absolute Gasteiger partial charge is 0.493 e. The van der Waals surface area contributed by atoms with Crippen LogP contribution >= 0.6 is 0 Å². The van der Waals surface area contributed by atoms with Crippen molar-refractivity contribution < 1.29 is 19.1 Å². The van der Waals surface area contributed by atoms with Crippen molar-refractivity contribution in [2.24, 2.45) is 0 Å². The Labute approximate surface area is 138 Å². The summed E-state index contributed by atoms with van der Waals surface area (Å²) in [7, 11) is 2.67. The lowest BCUT2D eigenvalue weighted by atomic mass is 10.2. The van der Waals surface area contributed by atoms with Gasteiger partial charge in [-0.3, -0.25) is 9.59 Å². The second-order valence-corrected chi connectivity index (χ2v) is 5.69. The Morgan fingerprint density at radius 2 is 2.08 bits per heavy atom. The molecule has 0 saturated carbocycles. The monoisotopic (exact) mass is 333 g/mol. The van der Waals surface area contributed by atoms with Crippen molar-refractivity contribution in [3.63, 3.8) is 0 Å². The van der Waals surface area contributed by atoms with E-state index in [4.69, 9.17) is 9.47 Å². The molecule has 0 aliphatic carbocycles. The Balaban J connectivity index is 2.49. The van der Waals surface area contributed by atoms with Crippen LogP contribution in [0.2, 0.25) is 0 Å². The number of pyridine rings is 1. The summed E-state index contributed by atoms with van der Waals surface area (Å²) in [6, 6.07) is -0.116. The molecule has 1 N–H and O–H groups in total. The van der Waals surface area contributed by atoms with Crippen LogP contribution in [0.5, 0.6) is 5.75 Å². The van der Waals surface area contributed by atoms with E-state index in [0.29, 0.717) is 18.6 Å². The number of aromatic nitrogens is 2. The third-order valence-corrected chi connectivity index (χ3v) is 4.40. The number of nitrogens with one attached hydrogen (secondary N) is 1. The summed E-state index contributed by atoms with van der Waals surface area (Å²) in [5, 5.41) is 0.188. The maximum atomic E-state index is 12.8. The van der Waals surface area contributed by atoms with Gasteiger partial charge >= 0.3 is 5.97 Å². The Kier molecular flexibility index (Phi) is 3.82. The van der Waals surface area contributed by atoms with Gasteiger partial charge in [-0.1, -0.05) is 0 Å². The molecule has 0 unspecified atom stereocenters. The van der Waals surface area contributed by atoms with Gasteiger partial charge in [-0.05, 0) is 13.8 Å². The van der Waals surface area contributed by atoms with Crippen LogP contribution in [-0.2, 0) is 4.74 Å². The summed E-state index contributed by atoms with van der Waals surface area (Å²) in [5.41, 5.74) is 0.435. The number of hydrogen-bond acceptors (Lipinski definition) is 5. The van der Waals surface area contributed by atoms with Gasteiger partial charge in [-0.15, -0.1) is 0 Å². The summed E-state index contributed by atoms with van der Waals surface area (Å²) in [4.78, 5) is 41.5. The molecular weight excluding hydrogens is 314 g/mol. The van der Waals surface area contributed by atoms with Gasteiger partial charge in [0.15, 0.2) is 11.4 Å². The number of esters is 1. The zero-order valence-corrected chi connectivity index (χ0v) is 14.0. The SMILES string of the molecule is CCN1C[C@H](C)n2c(c(OC)c3c(=O)[nH]cc(C(=O)OC)c32)C1=O. The van der Waals surface area contributed by atoms with E-state index in [1.165, 1.54) is 20.4 Å². The molecule has 8 heteroatoms. The molecule has 3 rings (SSSR count). The molecule has 0 radical (unpaired) electrons. The number of methoxy groups -OCH3 is 2. The van der Waals surface area contributed by atoms with E-state index < -0.39 is 11.5 Å². The number of hydrogen-bond donors (Lipinski definition) is 1. The average molecular weight is 333 g/mol. The minimum Gasteiger partial charge on any atom is -0.493 e. The van der Waals surface area contributed by atoms with Gasteiger partial charge in [0.2, 0.25) is 0 Å². The second-order valence-electron chi connectivity index (χ2n) is 5.69. The maximum Gasteiger partial charge on any atom is 0.341 e. The second kappa shape index (κ2) is 5.70. The molecule has 0 saturated heterocycles. The number of nitrogens with zero attached hydrogens (tertiary/aromatic N) is 2. The smallest absolute Gasteiger partial charge is 0.341 e. The highest BCUT2D eigenvalue weighted by Crippen LogP contribution is 2.38. The van der Waals surface area contributed by atoms with Crippen LogP contribution in [0.25, 0.3) is 10.9 Å². The van der Waals surface area contributed by atoms with Crippen LogP contribution in [-0.4, -0.2) is 53.6 Å². The van der Waals surface area contributed by atoms with Crippen LogP contribution in [0, 0.1) is 0 Å². The first kappa shape index (κ1) is 16.1. The van der Waals surface area contributed by atoms with Crippen LogP contribution in [0.4, 0.5) is 0 Å². The highest BCUT2D eigenvalue weighted by molar-refractivity contribution is 6.10. The van der Waals surface area contributed by atoms with Crippen molar-refractivity contribution in [3.05, 3.63) is 27.8 Å². The van der Waals surface area contributed by atoms with E-state index >= 15 is 0 Å². The Bertz CT molecular complexity index is 895. The molecule has 2 aromatic heterocycles. The van der Waals surface area contributed by atoms with E-state index in [2.05, 4.69) is 4.98 Å². The highest BCUT2D eigenvalue weighted by atomic mass is 16.5. The molecule has 8 nitrogen and oxygen atoms in total. The molecule has 0 aromatic carbocycles. The average Bonchev–Trinajstić information content (AvgIpc) is 2.94. The van der Waals surface area contributed by atoms with Crippen molar-refractivity contribution >= 4 is 22.8 Å². The molecule has 24 heavy (non-hydrogen) atoms. The predicted octanol–water partition coefficient (Wildman–Crippen LogP) is 1.16. The molecule has 2 aromatic rings. The molecule has 0 spiro atoms. The third-order valence-electron chi connectivity index (χ3n) is 4.40. The number of carbonyl (C=O) groups excluding carboxylic acids is 2. The van der Waals surface area contributed by atoms with Crippen LogP contribution < -0.4 is 10.3 Å². The fourth-order valence-corrected chi connectivity index (χ4v) is 3.33. The van der Waals surface area contributed by atoms with E-state index in [-0.39, 0.29) is 34.3 Å². The molecule has 1 aliphatic rings. The molecule has 0 fully saturated rings. The molecular formula is C16H19N3O5. The van der Waals surface area contributed by atoms with Crippen molar-refractivity contribution in [3.8, 4) is 5.75 Å². The Morgan fingerprint density at radius 1 is 1.38 bits per heavy atom. The van der Waals surface area contributed by atoms with Crippen molar-refractivity contribution in [1.82, 2.24) is 14.5 Å². The number of rotatable bonds is 3. The lowest BCUT2D eigenvalue weighted by Crippen LogP contribution is -2.42. The van der Waals surface area contributed by atoms with Gasteiger partial charge in [0.1, 0.15) is 10.9 Å². The van der Waals surface area contributed by atoms with E-state index in [1.807, 2.05) is 13.8 Å². The minimum atomic E-state index is -0.586. The van der Waals surface area contributed by atoms with Crippen LogP contribution in [0.3, 0.4) is 0 Å². The summed E-state index contributed by atoms with van der Waals surface area (Å²) in [5.74, 6) is -0.623. The fourth-order valence-electron chi connectivity index (χ4n) is 3.33. The van der Waals surface area contributed by atoms with Crippen LogP contribution in [0.1, 0.15) is 40.7 Å². The lowest BCUT2D eigenvalue weighted by molar-refractivity contribution is 0.0598. The zero-order valence-electron chi connectivity index (χ0n) is 14.0. The fraction of sp³-hybridized carbons (Fsp3) is 0.438. The molecule has 1 aliphatic heterocycles. The standard InChI is InChI=1S/C16H19N3O5/c1-5-18-7-8(2)19-11-9(16(22)24-4)6-17-14(20)10(11)13(23-3)12(19)15(18)21/h6,8H,5,7H2,1-4H3,(H,17,20)/t8-/m0/s1. The highest BCUT2D eigenvalue weighted by Gasteiger charge is 2.37. The number of amides is 1. The Hall–Kier alpha value is -2.77. The quantitative estimate of drug-likeness (QED) is 0.851. The van der Waals surface area contributed by atoms with Gasteiger partial charge in [0.25, 0.3) is 11.5 Å². The number of fused-ring (bicyclic) bond motifs is 3. The predicted molar refractivity (Wildman–Crippen MR) is 86.7 cm³/mol. The maximum absolute atomic E-state index is 12.8. The Morgan fingerprint density at radius 3 is 2.67 bits per heavy atom. The first-order valence-electron chi connectivity index (χ1n) is 7.67. The molecule has 3 heterocycles. The van der Waals surface area contributed by atoms with E-state index in [0.717, 1.165) is 0 Å². The van der Waals surface area contributed by atoms with Gasteiger partial charge in [0.05, 0.1) is 19.7 Å². The van der Waals surface area contributed by atoms with Gasteiger partial charge < -0.3 is 23.9 Å². The van der Waals surface area contributed by atoms with E-state index in [9.17, 15) is 14.4 Å². The minimum absolute atomic E-state index is 0.116. The third kappa shape index (κ3) is 2.02. The van der Waals surface area contributed by atoms with Gasteiger partial charge in [-0.25, -0.2) is 4.79 Å². The van der Waals surface area contributed by atoms with Gasteiger partial charge in [0, 0.05) is 25.3 Å². The molecule has 128 valence electrons. The first-order chi connectivity index (χ1) is 11.5. The number of H-pyrrole nitrogens is 1. The van der Waals surface area contributed by atoms with Crippen molar-refractivity contribution in [1.29, 1.82) is 0 Å². The normalized spacial score (nSPS) is 17.1. The lowest BCUT2D eigenvalue weighted by Gasteiger charge is -2.32. The first-order valence-corrected chi connectivity index (χ1v) is 7.67. The summed E-state index contributed by atoms with van der Waals surface area (Å²) in [6.07, 6.45) is 1.31. The number of aromatic amines is 1. The number of likely N-dealkylation sites (N-methyl/N-ethyl adjacent to an activating group) is 1. The van der Waals surface area contributed by atoms with Crippen molar-refractivity contribution in [2.75, 3.05) is 27.3 Å². The zero-order chi connectivity index (χ0) is 17.6.